The van der Waals surface area contributed by atoms with E-state index in [1.807, 2.05) is 96.0 Å². The van der Waals surface area contributed by atoms with Crippen LogP contribution in [-0.2, 0) is 35.2 Å². The second-order valence-electron chi connectivity index (χ2n) is 16.9. The van der Waals surface area contributed by atoms with Gasteiger partial charge in [0.05, 0.1) is 54.8 Å². The van der Waals surface area contributed by atoms with E-state index in [1.54, 1.807) is 57.3 Å². The lowest BCUT2D eigenvalue weighted by molar-refractivity contribution is -0.148. The van der Waals surface area contributed by atoms with Crippen molar-refractivity contribution in [1.82, 2.24) is 30.3 Å². The second-order valence-corrected chi connectivity index (χ2v) is 16.9. The van der Waals surface area contributed by atoms with Gasteiger partial charge in [0.15, 0.2) is 0 Å². The maximum Gasteiger partial charge on any atom is 0.245 e. The van der Waals surface area contributed by atoms with E-state index in [4.69, 9.17) is 9.47 Å². The maximum absolute atomic E-state index is 14.5. The number of aliphatic hydroxyl groups is 1. The Labute approximate surface area is 347 Å². The molecule has 3 rings (SSSR count). The van der Waals surface area contributed by atoms with E-state index < -0.39 is 48.4 Å². The van der Waals surface area contributed by atoms with Gasteiger partial charge in [-0.2, -0.15) is 0 Å². The van der Waals surface area contributed by atoms with Gasteiger partial charge in [-0.15, -0.1) is 0 Å². The van der Waals surface area contributed by atoms with Gasteiger partial charge >= 0.3 is 0 Å². The number of aromatic nitrogens is 1. The van der Waals surface area contributed by atoms with E-state index >= 15 is 0 Å². The van der Waals surface area contributed by atoms with Crippen molar-refractivity contribution in [3.05, 3.63) is 66.0 Å². The highest BCUT2D eigenvalue weighted by Gasteiger charge is 2.43. The Morgan fingerprint density at radius 2 is 1.53 bits per heavy atom. The number of nitrogens with one attached hydrogen (secondary N) is 2. The molecule has 0 saturated carbocycles. The number of likely N-dealkylation sites (N-methyl/N-ethyl adjacent to an activating group) is 2. The quantitative estimate of drug-likeness (QED) is 0.152. The summed E-state index contributed by atoms with van der Waals surface area (Å²) in [6.07, 6.45) is 3.52. The van der Waals surface area contributed by atoms with Crippen LogP contribution in [0.15, 0.2) is 54.9 Å². The summed E-state index contributed by atoms with van der Waals surface area (Å²) < 4.78 is 12.0. The molecule has 2 heterocycles. The highest BCUT2D eigenvalue weighted by Crippen LogP contribution is 2.30. The minimum atomic E-state index is -0.883. The zero-order chi connectivity index (χ0) is 43.3. The number of nitrogens with zero attached hydrogens (tertiary/aromatic N) is 4. The SMILES string of the molecule is CC[C@H](C)[C@@H]([C@H](CC(=O)N1CCC[C@H]1[C@H](OC)[C@@H](C)C(=O)N[C@H](C)[C@H](O)c1ccccc1)OC)N(C)C(=O)[C@@H](NC(=O)[C@H](C(C)C)N(C)Cc1ccncc1)C(C)C. The van der Waals surface area contributed by atoms with Gasteiger partial charge in [0.1, 0.15) is 6.04 Å². The van der Waals surface area contributed by atoms with Gasteiger partial charge in [-0.25, -0.2) is 0 Å². The molecular formula is C45H72N6O7. The number of methoxy groups -OCH3 is 2. The first-order chi connectivity index (χ1) is 27.5. The summed E-state index contributed by atoms with van der Waals surface area (Å²) in [6.45, 7) is 16.5. The van der Waals surface area contributed by atoms with E-state index in [0.717, 1.165) is 18.4 Å². The number of aliphatic hydroxyl groups excluding tert-OH is 1. The van der Waals surface area contributed by atoms with Crippen LogP contribution < -0.4 is 10.6 Å². The molecule has 1 saturated heterocycles. The first-order valence-corrected chi connectivity index (χ1v) is 21.0. The number of hydrogen-bond donors (Lipinski definition) is 3. The highest BCUT2D eigenvalue weighted by atomic mass is 16.5. The predicted octanol–water partition coefficient (Wildman–Crippen LogP) is 4.84. The Kier molecular flexibility index (Phi) is 19.2. The summed E-state index contributed by atoms with van der Waals surface area (Å²) in [7, 11) is 6.77. The number of rotatable bonds is 22. The molecule has 324 valence electrons. The summed E-state index contributed by atoms with van der Waals surface area (Å²) in [4.78, 5) is 65.9. The van der Waals surface area contributed by atoms with Crippen molar-refractivity contribution >= 4 is 23.6 Å². The molecule has 2 aromatic rings. The van der Waals surface area contributed by atoms with E-state index in [0.29, 0.717) is 25.1 Å². The Morgan fingerprint density at radius 1 is 0.897 bits per heavy atom. The lowest BCUT2D eigenvalue weighted by atomic mass is 9.89. The van der Waals surface area contributed by atoms with Crippen LogP contribution >= 0.6 is 0 Å². The largest absolute Gasteiger partial charge is 0.386 e. The molecule has 0 bridgehead atoms. The number of ether oxygens (including phenoxy) is 2. The summed E-state index contributed by atoms with van der Waals surface area (Å²) >= 11 is 0. The summed E-state index contributed by atoms with van der Waals surface area (Å²) in [5, 5.41) is 16.9. The van der Waals surface area contributed by atoms with Gasteiger partial charge in [0.25, 0.3) is 0 Å². The van der Waals surface area contributed by atoms with Crippen LogP contribution in [0.1, 0.15) is 98.3 Å². The number of pyridine rings is 1. The van der Waals surface area contributed by atoms with Gasteiger partial charge in [-0.3, -0.25) is 29.1 Å². The molecule has 58 heavy (non-hydrogen) atoms. The molecule has 1 aromatic carbocycles. The fraction of sp³-hybridized carbons (Fsp3) is 0.667. The molecule has 13 nitrogen and oxygen atoms in total. The number of carbonyl (C=O) groups excluding carboxylic acids is 4. The molecular weight excluding hydrogens is 737 g/mol. The molecule has 3 N–H and O–H groups in total. The molecule has 1 aliphatic heterocycles. The van der Waals surface area contributed by atoms with Crippen LogP contribution in [0.2, 0.25) is 0 Å². The zero-order valence-corrected chi connectivity index (χ0v) is 37.1. The minimum Gasteiger partial charge on any atom is -0.386 e. The van der Waals surface area contributed by atoms with Crippen molar-refractivity contribution in [2.45, 2.75) is 136 Å². The Morgan fingerprint density at radius 3 is 2.09 bits per heavy atom. The fourth-order valence-corrected chi connectivity index (χ4v) is 8.54. The molecule has 1 aromatic heterocycles. The molecule has 10 atom stereocenters. The third kappa shape index (κ3) is 12.5. The van der Waals surface area contributed by atoms with Gasteiger partial charge in [-0.05, 0) is 67.8 Å². The van der Waals surface area contributed by atoms with Gasteiger partial charge in [0, 0.05) is 46.8 Å². The van der Waals surface area contributed by atoms with E-state index in [2.05, 4.69) is 15.6 Å². The van der Waals surface area contributed by atoms with E-state index in [1.165, 1.54) is 0 Å². The van der Waals surface area contributed by atoms with Crippen LogP contribution in [0.3, 0.4) is 0 Å². The highest BCUT2D eigenvalue weighted by molar-refractivity contribution is 5.90. The van der Waals surface area contributed by atoms with Crippen molar-refractivity contribution < 1.29 is 33.8 Å². The first-order valence-electron chi connectivity index (χ1n) is 21.0. The summed E-state index contributed by atoms with van der Waals surface area (Å²) in [5.74, 6) is -1.76. The number of hydrogen-bond acceptors (Lipinski definition) is 9. The number of benzene rings is 1. The average Bonchev–Trinajstić information content (AvgIpc) is 3.69. The van der Waals surface area contributed by atoms with E-state index in [-0.39, 0.29) is 53.8 Å². The van der Waals surface area contributed by atoms with Crippen molar-refractivity contribution in [1.29, 1.82) is 0 Å². The molecule has 0 radical (unpaired) electrons. The van der Waals surface area contributed by atoms with Crippen molar-refractivity contribution in [3.63, 3.8) is 0 Å². The minimum absolute atomic E-state index is 0.0187. The van der Waals surface area contributed by atoms with Crippen LogP contribution in [-0.4, -0.2) is 126 Å². The summed E-state index contributed by atoms with van der Waals surface area (Å²) in [5.41, 5.74) is 1.74. The van der Waals surface area contributed by atoms with Crippen molar-refractivity contribution in [3.8, 4) is 0 Å². The van der Waals surface area contributed by atoms with Crippen molar-refractivity contribution in [2.24, 2.45) is 23.7 Å². The Hall–Kier alpha value is -3.91. The molecule has 0 aliphatic carbocycles. The topological polar surface area (TPSA) is 154 Å². The van der Waals surface area contributed by atoms with Crippen LogP contribution in [0, 0.1) is 23.7 Å². The third-order valence-electron chi connectivity index (χ3n) is 12.0. The maximum atomic E-state index is 14.5. The van der Waals surface area contributed by atoms with Crippen LogP contribution in [0.5, 0.6) is 0 Å². The van der Waals surface area contributed by atoms with Crippen LogP contribution in [0.25, 0.3) is 0 Å². The molecule has 4 amide bonds. The Balaban J connectivity index is 1.76. The van der Waals surface area contributed by atoms with Gasteiger partial charge in [-0.1, -0.05) is 85.2 Å². The number of carbonyl (C=O) groups is 4. The second kappa shape index (κ2) is 23.0. The monoisotopic (exact) mass is 809 g/mol. The molecule has 13 heteroatoms. The molecule has 0 unspecified atom stereocenters. The lowest BCUT2D eigenvalue weighted by Crippen LogP contribution is -2.60. The molecule has 1 fully saturated rings. The van der Waals surface area contributed by atoms with Gasteiger partial charge in [0.2, 0.25) is 23.6 Å². The molecule has 0 spiro atoms. The summed E-state index contributed by atoms with van der Waals surface area (Å²) in [6, 6.07) is 10.4. The number of amides is 4. The molecule has 1 aliphatic rings. The smallest absolute Gasteiger partial charge is 0.245 e. The normalized spacial score (nSPS) is 19.2. The fourth-order valence-electron chi connectivity index (χ4n) is 8.54. The van der Waals surface area contributed by atoms with Crippen molar-refractivity contribution in [2.75, 3.05) is 34.9 Å². The van der Waals surface area contributed by atoms with Gasteiger partial charge < -0.3 is 35.0 Å². The first kappa shape index (κ1) is 48.5. The standard InChI is InChI=1S/C45H72N6O7/c1-13-30(6)40(50(10)45(56)38(28(2)3)48-44(55)39(29(4)5)49(9)27-33-21-23-46-24-22-33)36(57-11)26-37(52)51-25-17-20-35(51)42(58-12)31(7)43(54)47-32(8)41(53)34-18-15-14-16-19-34/h14-16,18-19,21-24,28-32,35-36,38-42,53H,13,17,20,25-27H2,1-12H3,(H,47,54)(H,48,55)/t30-,31+,32+,35-,36-,38-,39-,40-,41-,42+/m0/s1. The van der Waals surface area contributed by atoms with E-state index in [9.17, 15) is 24.3 Å². The third-order valence-corrected chi connectivity index (χ3v) is 12.0. The zero-order valence-electron chi connectivity index (χ0n) is 37.1. The number of likely N-dealkylation sites (tertiary alicyclic amines) is 1. The lowest BCUT2D eigenvalue weighted by Gasteiger charge is -2.41. The predicted molar refractivity (Wildman–Crippen MR) is 226 cm³/mol. The van der Waals surface area contributed by atoms with Crippen LogP contribution in [0.4, 0.5) is 0 Å². The Bertz CT molecular complexity index is 1580. The average molecular weight is 809 g/mol.